The van der Waals surface area contributed by atoms with Gasteiger partial charge in [-0.2, -0.15) is 0 Å². The maximum absolute atomic E-state index is 13.6. The zero-order chi connectivity index (χ0) is 9.97. The van der Waals surface area contributed by atoms with Gasteiger partial charge in [-0.25, -0.2) is 4.39 Å². The summed E-state index contributed by atoms with van der Waals surface area (Å²) >= 11 is 0. The van der Waals surface area contributed by atoms with Crippen LogP contribution in [0.15, 0.2) is 24.3 Å². The number of nitrogens with one attached hydrogen (secondary N) is 1. The largest absolute Gasteiger partial charge is 0.314 e. The second-order valence-electron chi connectivity index (χ2n) is 4.03. The Morgan fingerprint density at radius 2 is 2.00 bits per heavy atom. The highest BCUT2D eigenvalue weighted by Gasteiger charge is 2.25. The zero-order valence-electron chi connectivity index (χ0n) is 8.46. The van der Waals surface area contributed by atoms with Crippen molar-refractivity contribution in [3.63, 3.8) is 0 Å². The van der Waals surface area contributed by atoms with Crippen LogP contribution in [0.3, 0.4) is 0 Å². The Morgan fingerprint density at radius 1 is 1.29 bits per heavy atom. The minimum atomic E-state index is -0.730. The smallest absolute Gasteiger partial charge is 0.119 e. The van der Waals surface area contributed by atoms with E-state index in [0.29, 0.717) is 6.54 Å². The van der Waals surface area contributed by atoms with E-state index in [2.05, 4.69) is 36.5 Å². The van der Waals surface area contributed by atoms with Gasteiger partial charge in [0.2, 0.25) is 0 Å². The second kappa shape index (κ2) is 4.09. The van der Waals surface area contributed by atoms with Gasteiger partial charge in [-0.3, -0.25) is 0 Å². The van der Waals surface area contributed by atoms with Gasteiger partial charge in [0.25, 0.3) is 0 Å². The van der Waals surface area contributed by atoms with E-state index in [-0.39, 0.29) is 5.92 Å². The summed E-state index contributed by atoms with van der Waals surface area (Å²) in [6, 6.07) is 8.23. The highest BCUT2D eigenvalue weighted by molar-refractivity contribution is 5.25. The van der Waals surface area contributed by atoms with Crippen molar-refractivity contribution in [2.75, 3.05) is 13.1 Å². The summed E-state index contributed by atoms with van der Waals surface area (Å²) in [7, 11) is 0. The second-order valence-corrected chi connectivity index (χ2v) is 4.03. The topological polar surface area (TPSA) is 12.0 Å². The quantitative estimate of drug-likeness (QED) is 0.722. The van der Waals surface area contributed by atoms with Crippen LogP contribution in [0.1, 0.15) is 23.5 Å². The average molecular weight is 193 g/mol. The molecule has 14 heavy (non-hydrogen) atoms. The van der Waals surface area contributed by atoms with E-state index >= 15 is 0 Å². The Hall–Kier alpha value is -0.890. The Labute approximate surface area is 84.3 Å². The molecule has 0 amide bonds. The molecule has 2 atom stereocenters. The van der Waals surface area contributed by atoms with Crippen molar-refractivity contribution >= 4 is 0 Å². The van der Waals surface area contributed by atoms with Gasteiger partial charge in [0.15, 0.2) is 0 Å². The van der Waals surface area contributed by atoms with Crippen molar-refractivity contribution in [2.24, 2.45) is 0 Å². The van der Waals surface area contributed by atoms with E-state index in [4.69, 9.17) is 0 Å². The Bertz CT molecular complexity index is 294. The maximum atomic E-state index is 13.6. The molecule has 2 heteroatoms. The molecule has 2 unspecified atom stereocenters. The fraction of sp³-hybridized carbons (Fsp3) is 0.500. The first-order valence-electron chi connectivity index (χ1n) is 5.19. The average Bonchev–Trinajstić information content (AvgIpc) is 2.20. The molecule has 0 bridgehead atoms. The molecule has 0 spiro atoms. The van der Waals surface area contributed by atoms with Crippen molar-refractivity contribution in [3.05, 3.63) is 35.4 Å². The number of halogens is 1. The van der Waals surface area contributed by atoms with E-state index in [1.807, 2.05) is 0 Å². The predicted molar refractivity (Wildman–Crippen MR) is 56.3 cm³/mol. The summed E-state index contributed by atoms with van der Waals surface area (Å²) in [5.41, 5.74) is 2.38. The van der Waals surface area contributed by atoms with E-state index in [1.165, 1.54) is 5.56 Å². The van der Waals surface area contributed by atoms with Crippen LogP contribution >= 0.6 is 0 Å². The van der Waals surface area contributed by atoms with Crippen LogP contribution in [-0.2, 0) is 0 Å². The van der Waals surface area contributed by atoms with Crippen LogP contribution in [0.4, 0.5) is 4.39 Å². The lowest BCUT2D eigenvalue weighted by Crippen LogP contribution is -2.36. The summed E-state index contributed by atoms with van der Waals surface area (Å²) in [4.78, 5) is 0. The number of hydrogen-bond acceptors (Lipinski definition) is 1. The molecule has 0 radical (unpaired) electrons. The molecule has 1 aromatic rings. The minimum absolute atomic E-state index is 0.0943. The van der Waals surface area contributed by atoms with Crippen LogP contribution in [-0.4, -0.2) is 19.3 Å². The van der Waals surface area contributed by atoms with E-state index < -0.39 is 6.17 Å². The standard InChI is InChI=1S/C12H16FN/c1-9-2-4-10(5-3-9)11-6-7-14-8-12(11)13/h2-5,11-12,14H,6-8H2,1H3. The van der Waals surface area contributed by atoms with Gasteiger partial charge in [-0.15, -0.1) is 0 Å². The summed E-state index contributed by atoms with van der Waals surface area (Å²) < 4.78 is 13.6. The molecule has 1 nitrogen and oxygen atoms in total. The number of rotatable bonds is 1. The first-order valence-corrected chi connectivity index (χ1v) is 5.19. The fourth-order valence-corrected chi connectivity index (χ4v) is 2.01. The van der Waals surface area contributed by atoms with Crippen LogP contribution in [0.2, 0.25) is 0 Å². The zero-order valence-corrected chi connectivity index (χ0v) is 8.46. The first-order chi connectivity index (χ1) is 6.77. The third kappa shape index (κ3) is 1.95. The molecule has 2 rings (SSSR count). The van der Waals surface area contributed by atoms with Crippen molar-refractivity contribution in [1.29, 1.82) is 0 Å². The Kier molecular flexibility index (Phi) is 2.82. The lowest BCUT2D eigenvalue weighted by atomic mass is 9.88. The third-order valence-corrected chi connectivity index (χ3v) is 2.91. The molecule has 0 aliphatic carbocycles. The minimum Gasteiger partial charge on any atom is -0.314 e. The Balaban J connectivity index is 2.16. The van der Waals surface area contributed by atoms with Crippen LogP contribution in [0.25, 0.3) is 0 Å². The van der Waals surface area contributed by atoms with Crippen LogP contribution < -0.4 is 5.32 Å². The van der Waals surface area contributed by atoms with Crippen molar-refractivity contribution in [3.8, 4) is 0 Å². The van der Waals surface area contributed by atoms with Crippen LogP contribution in [0.5, 0.6) is 0 Å². The highest BCUT2D eigenvalue weighted by Crippen LogP contribution is 2.27. The molecule has 1 aliphatic heterocycles. The first kappa shape index (κ1) is 9.66. The van der Waals surface area contributed by atoms with Gasteiger partial charge in [0.1, 0.15) is 6.17 Å². The number of hydrogen-bond donors (Lipinski definition) is 1. The molecule has 1 aromatic carbocycles. The molecule has 0 saturated carbocycles. The van der Waals surface area contributed by atoms with E-state index in [0.717, 1.165) is 18.5 Å². The third-order valence-electron chi connectivity index (χ3n) is 2.91. The van der Waals surface area contributed by atoms with Crippen LogP contribution in [0, 0.1) is 6.92 Å². The van der Waals surface area contributed by atoms with Gasteiger partial charge in [0.05, 0.1) is 0 Å². The van der Waals surface area contributed by atoms with Gasteiger partial charge in [0, 0.05) is 12.5 Å². The molecular weight excluding hydrogens is 177 g/mol. The molecule has 1 N–H and O–H groups in total. The van der Waals surface area contributed by atoms with Gasteiger partial charge >= 0.3 is 0 Å². The van der Waals surface area contributed by atoms with Gasteiger partial charge in [-0.05, 0) is 25.5 Å². The predicted octanol–water partition coefficient (Wildman–Crippen LogP) is 2.41. The summed E-state index contributed by atoms with van der Waals surface area (Å²) in [5.74, 6) is 0.0943. The SMILES string of the molecule is Cc1ccc(C2CCNCC2F)cc1. The molecule has 1 aliphatic rings. The monoisotopic (exact) mass is 193 g/mol. The normalized spacial score (nSPS) is 27.6. The van der Waals surface area contributed by atoms with E-state index in [9.17, 15) is 4.39 Å². The summed E-state index contributed by atoms with van der Waals surface area (Å²) in [5, 5.41) is 3.07. The fourth-order valence-electron chi connectivity index (χ4n) is 2.01. The summed E-state index contributed by atoms with van der Waals surface area (Å²) in [6.07, 6.45) is 0.177. The van der Waals surface area contributed by atoms with Crippen molar-refractivity contribution in [2.45, 2.75) is 25.4 Å². The number of piperidine rings is 1. The molecule has 1 saturated heterocycles. The van der Waals surface area contributed by atoms with E-state index in [1.54, 1.807) is 0 Å². The highest BCUT2D eigenvalue weighted by atomic mass is 19.1. The van der Waals surface area contributed by atoms with Gasteiger partial charge < -0.3 is 5.32 Å². The Morgan fingerprint density at radius 3 is 2.64 bits per heavy atom. The molecule has 1 heterocycles. The number of benzene rings is 1. The summed E-state index contributed by atoms with van der Waals surface area (Å²) in [6.45, 7) is 3.48. The lowest BCUT2D eigenvalue weighted by Gasteiger charge is -2.27. The molecule has 0 aromatic heterocycles. The number of alkyl halides is 1. The molecule has 1 fully saturated rings. The molecular formula is C12H16FN. The molecule has 76 valence electrons. The maximum Gasteiger partial charge on any atom is 0.119 e. The number of aryl methyl sites for hydroxylation is 1. The van der Waals surface area contributed by atoms with Gasteiger partial charge in [-0.1, -0.05) is 29.8 Å². The van der Waals surface area contributed by atoms with Crippen molar-refractivity contribution < 1.29 is 4.39 Å². The lowest BCUT2D eigenvalue weighted by molar-refractivity contribution is 0.231. The van der Waals surface area contributed by atoms with Crippen molar-refractivity contribution in [1.82, 2.24) is 5.32 Å².